The van der Waals surface area contributed by atoms with E-state index in [0.717, 1.165) is 23.5 Å². The van der Waals surface area contributed by atoms with Crippen LogP contribution in [0.1, 0.15) is 10.6 Å². The summed E-state index contributed by atoms with van der Waals surface area (Å²) in [7, 11) is 1.30. The van der Waals surface area contributed by atoms with Crippen molar-refractivity contribution in [2.45, 2.75) is 13.0 Å². The number of nitrogens with one attached hydrogen (secondary N) is 1. The van der Waals surface area contributed by atoms with Crippen molar-refractivity contribution < 1.29 is 14.3 Å². The Morgan fingerprint density at radius 2 is 2.39 bits per heavy atom. The number of thiazole rings is 1. The van der Waals surface area contributed by atoms with Crippen LogP contribution in [0.3, 0.4) is 0 Å². The normalized spacial score (nSPS) is 14.9. The smallest absolute Gasteiger partial charge is 0.413 e. The van der Waals surface area contributed by atoms with Gasteiger partial charge in [0.2, 0.25) is 5.91 Å². The summed E-state index contributed by atoms with van der Waals surface area (Å²) in [6, 6.07) is 0. The second-order valence-corrected chi connectivity index (χ2v) is 5.02. The summed E-state index contributed by atoms with van der Waals surface area (Å²) in [4.78, 5) is 29.3. The van der Waals surface area contributed by atoms with Crippen molar-refractivity contribution in [2.75, 3.05) is 25.5 Å². The van der Waals surface area contributed by atoms with Crippen LogP contribution in [0, 0.1) is 0 Å². The number of rotatable bonds is 3. The molecule has 7 nitrogen and oxygen atoms in total. The molecule has 2 amide bonds. The number of primary amides is 1. The van der Waals surface area contributed by atoms with E-state index < -0.39 is 6.09 Å². The zero-order chi connectivity index (χ0) is 13.1. The number of amides is 2. The molecule has 1 aromatic rings. The zero-order valence-electron chi connectivity index (χ0n) is 9.93. The number of hydrogen-bond donors (Lipinski definition) is 2. The Balaban J connectivity index is 2.04. The molecule has 0 atom stereocenters. The Bertz CT molecular complexity index is 474. The first kappa shape index (κ1) is 12.8. The molecule has 2 rings (SSSR count). The van der Waals surface area contributed by atoms with Crippen LogP contribution in [0.15, 0.2) is 0 Å². The highest BCUT2D eigenvalue weighted by atomic mass is 32.1. The van der Waals surface area contributed by atoms with Crippen molar-refractivity contribution in [3.05, 3.63) is 10.6 Å². The molecule has 3 N–H and O–H groups in total. The standard InChI is InChI=1S/C10H14N4O3S/c1-17-10(16)13-9-12-6-2-3-14(5-8(11)15)4-7(6)18-9/h2-5H2,1H3,(H2,11,15)(H,12,13,16). The van der Waals surface area contributed by atoms with Crippen LogP contribution in [-0.2, 0) is 22.5 Å². The number of hydrogen-bond acceptors (Lipinski definition) is 6. The van der Waals surface area contributed by atoms with Crippen LogP contribution in [0.25, 0.3) is 0 Å². The average molecular weight is 270 g/mol. The van der Waals surface area contributed by atoms with E-state index in [4.69, 9.17) is 5.73 Å². The first-order valence-electron chi connectivity index (χ1n) is 5.42. The van der Waals surface area contributed by atoms with E-state index in [9.17, 15) is 9.59 Å². The van der Waals surface area contributed by atoms with Gasteiger partial charge in [-0.3, -0.25) is 15.0 Å². The molecule has 1 aliphatic rings. The number of ether oxygens (including phenoxy) is 1. The summed E-state index contributed by atoms with van der Waals surface area (Å²) in [5.41, 5.74) is 6.13. The lowest BCUT2D eigenvalue weighted by atomic mass is 10.2. The number of aromatic nitrogens is 1. The highest BCUT2D eigenvalue weighted by Gasteiger charge is 2.22. The van der Waals surface area contributed by atoms with Crippen LogP contribution < -0.4 is 11.1 Å². The Labute approximate surface area is 108 Å². The van der Waals surface area contributed by atoms with E-state index in [1.165, 1.54) is 18.4 Å². The van der Waals surface area contributed by atoms with Gasteiger partial charge in [-0.2, -0.15) is 0 Å². The Kier molecular flexibility index (Phi) is 3.78. The number of nitrogens with two attached hydrogens (primary N) is 1. The Hall–Kier alpha value is -1.67. The van der Waals surface area contributed by atoms with E-state index in [2.05, 4.69) is 15.0 Å². The van der Waals surface area contributed by atoms with Crippen molar-refractivity contribution in [1.29, 1.82) is 0 Å². The molecule has 1 aliphatic heterocycles. The molecule has 0 fully saturated rings. The summed E-state index contributed by atoms with van der Waals surface area (Å²) in [5.74, 6) is -0.337. The third-order valence-corrected chi connectivity index (χ3v) is 3.58. The number of methoxy groups -OCH3 is 1. The lowest BCUT2D eigenvalue weighted by Crippen LogP contribution is -2.37. The minimum atomic E-state index is -0.532. The Morgan fingerprint density at radius 3 is 3.06 bits per heavy atom. The summed E-state index contributed by atoms with van der Waals surface area (Å²) in [5, 5.41) is 3.06. The molecule has 8 heteroatoms. The fourth-order valence-electron chi connectivity index (χ4n) is 1.80. The minimum absolute atomic E-state index is 0.247. The summed E-state index contributed by atoms with van der Waals surface area (Å²) < 4.78 is 4.50. The van der Waals surface area contributed by atoms with Crippen LogP contribution >= 0.6 is 11.3 Å². The van der Waals surface area contributed by atoms with Gasteiger partial charge in [0, 0.05) is 24.4 Å². The van der Waals surface area contributed by atoms with Crippen molar-refractivity contribution >= 4 is 28.5 Å². The van der Waals surface area contributed by atoms with Gasteiger partial charge in [0.25, 0.3) is 0 Å². The maximum Gasteiger partial charge on any atom is 0.413 e. The molecule has 0 aliphatic carbocycles. The predicted molar refractivity (Wildman–Crippen MR) is 66.3 cm³/mol. The fourth-order valence-corrected chi connectivity index (χ4v) is 2.83. The van der Waals surface area contributed by atoms with Gasteiger partial charge in [0.15, 0.2) is 5.13 Å². The Morgan fingerprint density at radius 1 is 1.61 bits per heavy atom. The minimum Gasteiger partial charge on any atom is -0.453 e. The van der Waals surface area contributed by atoms with Crippen LogP contribution in [0.5, 0.6) is 0 Å². The number of nitrogens with zero attached hydrogens (tertiary/aromatic N) is 2. The topological polar surface area (TPSA) is 97.6 Å². The molecule has 1 aromatic heterocycles. The van der Waals surface area contributed by atoms with E-state index >= 15 is 0 Å². The van der Waals surface area contributed by atoms with Gasteiger partial charge in [0.05, 0.1) is 19.3 Å². The predicted octanol–water partition coefficient (Wildman–Crippen LogP) is 0.165. The van der Waals surface area contributed by atoms with Crippen LogP contribution in [0.4, 0.5) is 9.93 Å². The van der Waals surface area contributed by atoms with Gasteiger partial charge in [0.1, 0.15) is 0 Å². The van der Waals surface area contributed by atoms with Gasteiger partial charge in [-0.15, -0.1) is 0 Å². The van der Waals surface area contributed by atoms with Gasteiger partial charge in [-0.05, 0) is 0 Å². The molecule has 0 saturated carbocycles. The van der Waals surface area contributed by atoms with Gasteiger partial charge < -0.3 is 10.5 Å². The molecule has 98 valence electrons. The quantitative estimate of drug-likeness (QED) is 0.815. The maximum absolute atomic E-state index is 11.1. The molecule has 0 spiro atoms. The second-order valence-electron chi connectivity index (χ2n) is 3.93. The van der Waals surface area contributed by atoms with Crippen LogP contribution in [-0.4, -0.2) is 42.1 Å². The number of fused-ring (bicyclic) bond motifs is 1. The first-order chi connectivity index (χ1) is 8.58. The van der Waals surface area contributed by atoms with Crippen LogP contribution in [0.2, 0.25) is 0 Å². The molecular formula is C10H14N4O3S. The van der Waals surface area contributed by atoms with E-state index in [1.807, 2.05) is 4.90 Å². The van der Waals surface area contributed by atoms with Crippen molar-refractivity contribution in [2.24, 2.45) is 5.73 Å². The first-order valence-corrected chi connectivity index (χ1v) is 6.24. The van der Waals surface area contributed by atoms with Crippen molar-refractivity contribution in [1.82, 2.24) is 9.88 Å². The zero-order valence-corrected chi connectivity index (χ0v) is 10.7. The van der Waals surface area contributed by atoms with E-state index in [1.54, 1.807) is 0 Å². The SMILES string of the molecule is COC(=O)Nc1nc2c(s1)CN(CC(N)=O)CC2. The number of carbonyl (C=O) groups is 2. The lowest BCUT2D eigenvalue weighted by Gasteiger charge is -2.24. The highest BCUT2D eigenvalue weighted by molar-refractivity contribution is 7.15. The summed E-state index contributed by atoms with van der Waals surface area (Å²) in [6.07, 6.45) is 0.220. The highest BCUT2D eigenvalue weighted by Crippen LogP contribution is 2.28. The summed E-state index contributed by atoms with van der Waals surface area (Å²) in [6.45, 7) is 1.63. The number of carbonyl (C=O) groups excluding carboxylic acids is 2. The molecular weight excluding hydrogens is 256 g/mol. The molecule has 2 heterocycles. The average Bonchev–Trinajstić information content (AvgIpc) is 2.69. The third kappa shape index (κ3) is 2.96. The summed E-state index contributed by atoms with van der Waals surface area (Å²) >= 11 is 1.39. The largest absolute Gasteiger partial charge is 0.453 e. The lowest BCUT2D eigenvalue weighted by molar-refractivity contribution is -0.119. The van der Waals surface area contributed by atoms with Gasteiger partial charge in [-0.1, -0.05) is 11.3 Å². The van der Waals surface area contributed by atoms with E-state index in [0.29, 0.717) is 11.7 Å². The molecule has 0 saturated heterocycles. The number of anilines is 1. The van der Waals surface area contributed by atoms with Gasteiger partial charge >= 0.3 is 6.09 Å². The molecule has 0 unspecified atom stereocenters. The third-order valence-electron chi connectivity index (χ3n) is 2.58. The molecule has 0 radical (unpaired) electrons. The second kappa shape index (κ2) is 5.32. The molecule has 0 aromatic carbocycles. The van der Waals surface area contributed by atoms with Crippen molar-refractivity contribution in [3.63, 3.8) is 0 Å². The van der Waals surface area contributed by atoms with E-state index in [-0.39, 0.29) is 12.5 Å². The van der Waals surface area contributed by atoms with Crippen molar-refractivity contribution in [3.8, 4) is 0 Å². The molecule has 18 heavy (non-hydrogen) atoms. The molecule has 0 bridgehead atoms. The fraction of sp³-hybridized carbons (Fsp3) is 0.500. The monoisotopic (exact) mass is 270 g/mol. The van der Waals surface area contributed by atoms with Gasteiger partial charge in [-0.25, -0.2) is 9.78 Å². The maximum atomic E-state index is 11.1.